The summed E-state index contributed by atoms with van der Waals surface area (Å²) < 4.78 is 23.7. The summed E-state index contributed by atoms with van der Waals surface area (Å²) >= 11 is 1.32. The zero-order valence-electron chi connectivity index (χ0n) is 13.0. The van der Waals surface area contributed by atoms with E-state index in [4.69, 9.17) is 0 Å². The van der Waals surface area contributed by atoms with Gasteiger partial charge in [-0.15, -0.1) is 11.3 Å². The molecule has 2 N–H and O–H groups in total. The molecule has 1 aromatic rings. The van der Waals surface area contributed by atoms with Gasteiger partial charge in [0.15, 0.2) is 15.0 Å². The summed E-state index contributed by atoms with van der Waals surface area (Å²) in [7, 11) is -1.76. The number of sulfone groups is 1. The number of nitrogens with zero attached hydrogens (tertiary/aromatic N) is 2. The van der Waals surface area contributed by atoms with E-state index in [1.54, 1.807) is 5.38 Å². The van der Waals surface area contributed by atoms with E-state index in [1.807, 2.05) is 6.92 Å². The first-order valence-electron chi connectivity index (χ1n) is 7.27. The lowest BCUT2D eigenvalue weighted by Crippen LogP contribution is -2.52. The van der Waals surface area contributed by atoms with Gasteiger partial charge in [-0.05, 0) is 6.92 Å². The minimum atomic E-state index is -3.24. The van der Waals surface area contributed by atoms with Crippen molar-refractivity contribution < 1.29 is 18.0 Å². The van der Waals surface area contributed by atoms with Crippen molar-refractivity contribution in [3.63, 3.8) is 0 Å². The molecule has 1 unspecified atom stereocenters. The Balaban J connectivity index is 2.19. The predicted octanol–water partition coefficient (Wildman–Crippen LogP) is -0.0498. The van der Waals surface area contributed by atoms with Gasteiger partial charge in [-0.2, -0.15) is 0 Å². The number of thiazole rings is 1. The summed E-state index contributed by atoms with van der Waals surface area (Å²) in [6, 6.07) is -0.662. The van der Waals surface area contributed by atoms with Crippen molar-refractivity contribution in [1.29, 1.82) is 0 Å². The van der Waals surface area contributed by atoms with E-state index in [1.165, 1.54) is 23.3 Å². The smallest absolute Gasteiger partial charge is 0.273 e. The molecule has 2 heterocycles. The highest BCUT2D eigenvalue weighted by Gasteiger charge is 2.36. The molecule has 0 aliphatic carbocycles. The number of carbonyl (C=O) groups is 2. The van der Waals surface area contributed by atoms with Crippen LogP contribution in [0.1, 0.15) is 23.8 Å². The quantitative estimate of drug-likeness (QED) is 0.762. The van der Waals surface area contributed by atoms with E-state index >= 15 is 0 Å². The minimum absolute atomic E-state index is 0.0360. The number of hydrogen-bond donors (Lipinski definition) is 2. The van der Waals surface area contributed by atoms with Crippen LogP contribution in [0.15, 0.2) is 5.38 Å². The fourth-order valence-corrected chi connectivity index (χ4v) is 4.67. The average Bonchev–Trinajstić information content (AvgIpc) is 2.95. The van der Waals surface area contributed by atoms with E-state index in [0.717, 1.165) is 0 Å². The summed E-state index contributed by atoms with van der Waals surface area (Å²) in [5.41, 5.74) is 0.271. The third-order valence-corrected chi connectivity index (χ3v) is 6.04. The normalized spacial score (nSPS) is 20.1. The molecule has 23 heavy (non-hydrogen) atoms. The van der Waals surface area contributed by atoms with Crippen molar-refractivity contribution in [2.45, 2.75) is 19.4 Å². The molecular weight excluding hydrogens is 340 g/mol. The van der Waals surface area contributed by atoms with E-state index in [9.17, 15) is 18.0 Å². The second kappa shape index (κ2) is 7.26. The van der Waals surface area contributed by atoms with E-state index in [0.29, 0.717) is 11.7 Å². The van der Waals surface area contributed by atoms with Crippen LogP contribution in [0.3, 0.4) is 0 Å². The third-order valence-electron chi connectivity index (χ3n) is 3.54. The molecule has 128 valence electrons. The maximum absolute atomic E-state index is 12.6. The molecule has 1 aromatic heterocycles. The topological polar surface area (TPSA) is 108 Å². The first kappa shape index (κ1) is 17.7. The van der Waals surface area contributed by atoms with Crippen LogP contribution in [0.5, 0.6) is 0 Å². The van der Waals surface area contributed by atoms with Gasteiger partial charge in [-0.1, -0.05) is 0 Å². The maximum Gasteiger partial charge on any atom is 0.273 e. The zero-order chi connectivity index (χ0) is 17.0. The second-order valence-corrected chi connectivity index (χ2v) is 8.30. The zero-order valence-corrected chi connectivity index (χ0v) is 14.7. The van der Waals surface area contributed by atoms with Gasteiger partial charge in [0.05, 0.1) is 17.5 Å². The molecule has 0 aromatic carbocycles. The number of carbonyl (C=O) groups excluding carboxylic acids is 2. The molecule has 0 radical (unpaired) electrons. The third kappa shape index (κ3) is 4.41. The molecule has 1 aliphatic heterocycles. The van der Waals surface area contributed by atoms with Crippen LogP contribution in [0, 0.1) is 0 Å². The lowest BCUT2D eigenvalue weighted by Gasteiger charge is -2.34. The lowest BCUT2D eigenvalue weighted by molar-refractivity contribution is -0.121. The molecule has 1 atom stereocenters. The average molecular weight is 360 g/mol. The Kier molecular flexibility index (Phi) is 5.58. The molecule has 2 amide bonds. The lowest BCUT2D eigenvalue weighted by atomic mass is 10.1. The van der Waals surface area contributed by atoms with Crippen LogP contribution < -0.4 is 10.6 Å². The molecular formula is C13H20N4O4S2. The summed E-state index contributed by atoms with van der Waals surface area (Å²) in [5.74, 6) is -0.922. The van der Waals surface area contributed by atoms with Crippen molar-refractivity contribution in [3.8, 4) is 0 Å². The van der Waals surface area contributed by atoms with Gasteiger partial charge in [0.1, 0.15) is 5.69 Å². The van der Waals surface area contributed by atoms with Crippen molar-refractivity contribution in [2.75, 3.05) is 37.0 Å². The van der Waals surface area contributed by atoms with Crippen LogP contribution >= 0.6 is 11.3 Å². The summed E-state index contributed by atoms with van der Waals surface area (Å²) in [4.78, 5) is 29.9. The van der Waals surface area contributed by atoms with Crippen LogP contribution in [0.2, 0.25) is 0 Å². The fourth-order valence-electron chi connectivity index (χ4n) is 2.39. The molecule has 0 spiro atoms. The van der Waals surface area contributed by atoms with Crippen LogP contribution in [-0.2, 0) is 14.6 Å². The standard InChI is InChI=1S/C13H20N4O4S2/c1-3-15-13-16-10(7-22-13)12(19)17-4-5-23(20,21)8-9(17)6-11(18)14-2/h7,9H,3-6,8H2,1-2H3,(H,14,18)(H,15,16). The number of rotatable bonds is 5. The number of aromatic nitrogens is 1. The largest absolute Gasteiger partial charge is 0.362 e. The Bertz CT molecular complexity index is 686. The van der Waals surface area contributed by atoms with E-state index < -0.39 is 15.9 Å². The number of amides is 2. The van der Waals surface area contributed by atoms with Crippen molar-refractivity contribution >= 4 is 38.1 Å². The van der Waals surface area contributed by atoms with Gasteiger partial charge >= 0.3 is 0 Å². The van der Waals surface area contributed by atoms with Crippen molar-refractivity contribution in [3.05, 3.63) is 11.1 Å². The van der Waals surface area contributed by atoms with E-state index in [-0.39, 0.29) is 42.0 Å². The van der Waals surface area contributed by atoms with Crippen LogP contribution in [-0.4, -0.2) is 67.8 Å². The molecule has 8 nitrogen and oxygen atoms in total. The monoisotopic (exact) mass is 360 g/mol. The molecule has 0 bridgehead atoms. The van der Waals surface area contributed by atoms with Gasteiger partial charge < -0.3 is 15.5 Å². The minimum Gasteiger partial charge on any atom is -0.362 e. The van der Waals surface area contributed by atoms with Gasteiger partial charge in [-0.25, -0.2) is 13.4 Å². The number of anilines is 1. The SMILES string of the molecule is CCNc1nc(C(=O)N2CCS(=O)(=O)CC2CC(=O)NC)cs1. The summed E-state index contributed by atoms with van der Waals surface area (Å²) in [5, 5.41) is 7.77. The fraction of sp³-hybridized carbons (Fsp3) is 0.615. The highest BCUT2D eigenvalue weighted by Crippen LogP contribution is 2.21. The Hall–Kier alpha value is -1.68. The number of hydrogen-bond acceptors (Lipinski definition) is 7. The predicted molar refractivity (Wildman–Crippen MR) is 88.4 cm³/mol. The highest BCUT2D eigenvalue weighted by molar-refractivity contribution is 7.91. The van der Waals surface area contributed by atoms with Gasteiger partial charge in [0.25, 0.3) is 5.91 Å². The molecule has 0 saturated carbocycles. The molecule has 2 rings (SSSR count). The summed E-state index contributed by atoms with van der Waals surface area (Å²) in [6.45, 7) is 2.71. The Morgan fingerprint density at radius 3 is 2.87 bits per heavy atom. The van der Waals surface area contributed by atoms with Crippen LogP contribution in [0.4, 0.5) is 5.13 Å². The first-order chi connectivity index (χ1) is 10.9. The van der Waals surface area contributed by atoms with Gasteiger partial charge in [0.2, 0.25) is 5.91 Å². The Morgan fingerprint density at radius 2 is 2.22 bits per heavy atom. The van der Waals surface area contributed by atoms with Crippen LogP contribution in [0.25, 0.3) is 0 Å². The summed E-state index contributed by atoms with van der Waals surface area (Å²) in [6.07, 6.45) is -0.0360. The van der Waals surface area contributed by atoms with Crippen molar-refractivity contribution in [2.24, 2.45) is 0 Å². The molecule has 1 fully saturated rings. The number of nitrogens with one attached hydrogen (secondary N) is 2. The van der Waals surface area contributed by atoms with Crippen molar-refractivity contribution in [1.82, 2.24) is 15.2 Å². The maximum atomic E-state index is 12.6. The molecule has 1 aliphatic rings. The van der Waals surface area contributed by atoms with Gasteiger partial charge in [-0.3, -0.25) is 9.59 Å². The molecule has 10 heteroatoms. The highest BCUT2D eigenvalue weighted by atomic mass is 32.2. The molecule has 1 saturated heterocycles. The van der Waals surface area contributed by atoms with Gasteiger partial charge in [0, 0.05) is 31.9 Å². The Labute approximate surface area is 139 Å². The van der Waals surface area contributed by atoms with E-state index in [2.05, 4.69) is 15.6 Å². The second-order valence-electron chi connectivity index (χ2n) is 5.21. The Morgan fingerprint density at radius 1 is 1.48 bits per heavy atom. The first-order valence-corrected chi connectivity index (χ1v) is 9.97.